The number of hydrogen-bond acceptors (Lipinski definition) is 7. The Morgan fingerprint density at radius 2 is 2.00 bits per heavy atom. The molecule has 0 saturated carbocycles. The molecule has 2 aromatic rings. The maximum Gasteiger partial charge on any atom is 0.322 e. The van der Waals surface area contributed by atoms with E-state index < -0.39 is 33.8 Å². The van der Waals surface area contributed by atoms with Gasteiger partial charge in [0.2, 0.25) is 0 Å². The van der Waals surface area contributed by atoms with Gasteiger partial charge in [-0.1, -0.05) is 35.5 Å². The van der Waals surface area contributed by atoms with E-state index in [1.807, 2.05) is 30.3 Å². The molecular weight excluding hydrogens is 382 g/mol. The zero-order chi connectivity index (χ0) is 20.3. The van der Waals surface area contributed by atoms with E-state index in [9.17, 15) is 19.8 Å². The van der Waals surface area contributed by atoms with Crippen LogP contribution in [0.3, 0.4) is 0 Å². The van der Waals surface area contributed by atoms with Crippen molar-refractivity contribution in [1.29, 1.82) is 0 Å². The molecule has 0 radical (unpaired) electrons. The summed E-state index contributed by atoms with van der Waals surface area (Å²) in [5, 5.41) is 26.0. The van der Waals surface area contributed by atoms with Crippen molar-refractivity contribution in [1.82, 2.24) is 15.4 Å². The number of aromatic nitrogens is 1. The van der Waals surface area contributed by atoms with Gasteiger partial charge in [0.1, 0.15) is 23.1 Å². The number of aliphatic carboxylic acids is 1. The first-order valence-corrected chi connectivity index (χ1v) is 9.71. The van der Waals surface area contributed by atoms with E-state index in [4.69, 9.17) is 4.52 Å². The Kier molecular flexibility index (Phi) is 4.29. The van der Waals surface area contributed by atoms with Crippen LogP contribution in [0.25, 0.3) is 11.3 Å². The average molecular weight is 403 g/mol. The number of amides is 1. The lowest BCUT2D eigenvalue weighted by atomic mass is 9.95. The Morgan fingerprint density at radius 3 is 2.64 bits per heavy atom. The van der Waals surface area contributed by atoms with Crippen LogP contribution in [0, 0.1) is 6.92 Å². The van der Waals surface area contributed by atoms with Crippen LogP contribution in [0.1, 0.15) is 30.0 Å². The number of nitrogens with zero attached hydrogens (tertiary/aromatic N) is 2. The minimum atomic E-state index is -1.46. The lowest BCUT2D eigenvalue weighted by Crippen LogP contribution is -2.74. The third-order valence-electron chi connectivity index (χ3n) is 5.30. The van der Waals surface area contributed by atoms with Crippen molar-refractivity contribution in [3.63, 3.8) is 0 Å². The van der Waals surface area contributed by atoms with Crippen molar-refractivity contribution in [3.8, 4) is 11.3 Å². The van der Waals surface area contributed by atoms with Crippen molar-refractivity contribution in [2.24, 2.45) is 0 Å². The van der Waals surface area contributed by atoms with Gasteiger partial charge >= 0.3 is 5.97 Å². The maximum absolute atomic E-state index is 13.0. The van der Waals surface area contributed by atoms with E-state index in [-0.39, 0.29) is 6.54 Å². The molecule has 1 aromatic carbocycles. The number of rotatable bonds is 4. The number of hydrogen-bond donors (Lipinski definition) is 3. The highest BCUT2D eigenvalue weighted by Crippen LogP contribution is 2.56. The Balaban J connectivity index is 1.57. The monoisotopic (exact) mass is 403 g/mol. The van der Waals surface area contributed by atoms with Crippen LogP contribution in [0.4, 0.5) is 0 Å². The summed E-state index contributed by atoms with van der Waals surface area (Å²) in [5.41, 5.74) is 1.49. The van der Waals surface area contributed by atoms with Gasteiger partial charge in [-0.25, -0.2) is 4.90 Å². The van der Waals surface area contributed by atoms with Gasteiger partial charge in [-0.05, 0) is 20.8 Å². The summed E-state index contributed by atoms with van der Waals surface area (Å²) in [6.45, 7) is 5.47. The lowest BCUT2D eigenvalue weighted by Gasteiger charge is -2.50. The Morgan fingerprint density at radius 1 is 1.32 bits per heavy atom. The third-order valence-corrected chi connectivity index (χ3v) is 6.87. The molecule has 0 aliphatic carbocycles. The van der Waals surface area contributed by atoms with Crippen LogP contribution in [0.15, 0.2) is 34.9 Å². The van der Waals surface area contributed by atoms with Crippen molar-refractivity contribution in [2.75, 3.05) is 6.54 Å². The van der Waals surface area contributed by atoms with E-state index in [1.165, 1.54) is 4.90 Å². The van der Waals surface area contributed by atoms with Gasteiger partial charge in [0, 0.05) is 16.9 Å². The zero-order valence-electron chi connectivity index (χ0n) is 15.7. The van der Waals surface area contributed by atoms with E-state index in [0.29, 0.717) is 17.0 Å². The fourth-order valence-corrected chi connectivity index (χ4v) is 5.69. The number of nitrogens with one attached hydrogen (secondary N) is 1. The van der Waals surface area contributed by atoms with Gasteiger partial charge in [-0.3, -0.25) is 9.59 Å². The average Bonchev–Trinajstić information content (AvgIpc) is 3.08. The first-order valence-electron chi connectivity index (χ1n) is 8.90. The van der Waals surface area contributed by atoms with E-state index in [0.717, 1.165) is 17.3 Å². The van der Waals surface area contributed by atoms with Crippen molar-refractivity contribution in [2.45, 2.75) is 42.7 Å². The molecule has 3 heterocycles. The highest BCUT2D eigenvalue weighted by molar-refractivity contribution is 8.02. The van der Waals surface area contributed by atoms with Crippen LogP contribution >= 0.6 is 11.8 Å². The summed E-state index contributed by atoms with van der Waals surface area (Å²) in [5.74, 6) is -1.02. The Hall–Kier alpha value is -2.36. The quantitative estimate of drug-likeness (QED) is 0.706. The fourth-order valence-electron chi connectivity index (χ4n) is 4.01. The van der Waals surface area contributed by atoms with Gasteiger partial charge in [-0.2, -0.15) is 0 Å². The number of carbonyl (C=O) groups excluding carboxylic acids is 1. The van der Waals surface area contributed by atoms with Crippen LogP contribution < -0.4 is 5.32 Å². The molecule has 1 amide bonds. The van der Waals surface area contributed by atoms with Crippen LogP contribution in [-0.4, -0.2) is 60.6 Å². The lowest BCUT2D eigenvalue weighted by molar-refractivity contribution is -0.171. The summed E-state index contributed by atoms with van der Waals surface area (Å²) in [4.78, 5) is 26.1. The number of carboxylic acids is 1. The predicted molar refractivity (Wildman–Crippen MR) is 103 cm³/mol. The molecule has 4 rings (SSSR count). The standard InChI is InChI=1S/C19H21N3O5S/c1-10-13(14(21-27-10)11-7-5-4-6-8-11)16(23)20-12-9-22-15(17(24)25)18(2,3)28-19(12,22)26/h4-8,12,15,26H,9H2,1-3H3,(H,20,23)(H,24,25)/t12-,15+,19-/m1/s1. The van der Waals surface area contributed by atoms with Gasteiger partial charge in [0.15, 0.2) is 5.06 Å². The first-order chi connectivity index (χ1) is 13.1. The number of carbonyl (C=O) groups is 2. The van der Waals surface area contributed by atoms with Crippen LogP contribution in [-0.2, 0) is 4.79 Å². The minimum absolute atomic E-state index is 0.251. The molecule has 8 nitrogen and oxygen atoms in total. The molecule has 3 N–H and O–H groups in total. The van der Waals surface area contributed by atoms with Gasteiger partial charge in [-0.15, -0.1) is 11.8 Å². The number of aryl methyl sites for hydroxylation is 1. The number of thioether (sulfide) groups is 1. The Labute approximate surface area is 165 Å². The molecule has 2 saturated heterocycles. The maximum atomic E-state index is 13.0. The number of aliphatic hydroxyl groups is 1. The Bertz CT molecular complexity index is 944. The number of fused-ring (bicyclic) bond motifs is 1. The van der Waals surface area contributed by atoms with Crippen molar-refractivity contribution >= 4 is 23.6 Å². The molecule has 28 heavy (non-hydrogen) atoms. The predicted octanol–water partition coefficient (Wildman–Crippen LogP) is 1.69. The van der Waals surface area contributed by atoms with E-state index in [2.05, 4.69) is 10.5 Å². The molecule has 2 aliphatic heterocycles. The summed E-state index contributed by atoms with van der Waals surface area (Å²) < 4.78 is 4.54. The smallest absolute Gasteiger partial charge is 0.322 e. The molecule has 3 atom stereocenters. The van der Waals surface area contributed by atoms with E-state index in [1.54, 1.807) is 20.8 Å². The number of benzene rings is 1. The SMILES string of the molecule is Cc1onc(-c2ccccc2)c1C(=O)N[C@@H]1CN2[C@@H](C(=O)O)C(C)(C)S[C@]12O. The van der Waals surface area contributed by atoms with Crippen LogP contribution in [0.5, 0.6) is 0 Å². The summed E-state index contributed by atoms with van der Waals surface area (Å²) in [6, 6.07) is 7.79. The fraction of sp³-hybridized carbons (Fsp3) is 0.421. The largest absolute Gasteiger partial charge is 0.480 e. The van der Waals surface area contributed by atoms with Gasteiger partial charge in [0.05, 0.1) is 6.04 Å². The molecule has 2 fully saturated rings. The van der Waals surface area contributed by atoms with Crippen LogP contribution in [0.2, 0.25) is 0 Å². The second kappa shape index (κ2) is 6.33. The van der Waals surface area contributed by atoms with Gasteiger partial charge < -0.3 is 20.1 Å². The summed E-state index contributed by atoms with van der Waals surface area (Å²) in [6.07, 6.45) is 0. The molecule has 148 valence electrons. The minimum Gasteiger partial charge on any atom is -0.480 e. The third kappa shape index (κ3) is 2.73. The second-order valence-electron chi connectivity index (χ2n) is 7.61. The molecule has 0 spiro atoms. The molecule has 1 aromatic heterocycles. The van der Waals surface area contributed by atoms with Crippen molar-refractivity contribution in [3.05, 3.63) is 41.7 Å². The highest BCUT2D eigenvalue weighted by Gasteiger charge is 2.68. The van der Waals surface area contributed by atoms with Crippen molar-refractivity contribution < 1.29 is 24.3 Å². The van der Waals surface area contributed by atoms with E-state index >= 15 is 0 Å². The first kappa shape index (κ1) is 19.0. The topological polar surface area (TPSA) is 116 Å². The molecule has 0 unspecified atom stereocenters. The molecule has 0 bridgehead atoms. The number of carboxylic acid groups (broad SMARTS) is 1. The second-order valence-corrected chi connectivity index (χ2v) is 9.47. The summed E-state index contributed by atoms with van der Waals surface area (Å²) >= 11 is 1.16. The highest BCUT2D eigenvalue weighted by atomic mass is 32.2. The zero-order valence-corrected chi connectivity index (χ0v) is 16.5. The van der Waals surface area contributed by atoms with Gasteiger partial charge in [0.25, 0.3) is 5.91 Å². The molecular formula is C19H21N3O5S. The summed E-state index contributed by atoms with van der Waals surface area (Å²) in [7, 11) is 0. The molecule has 2 aliphatic rings. The molecule has 9 heteroatoms. The normalized spacial score (nSPS) is 28.4.